The first-order chi connectivity index (χ1) is 13.4. The van der Waals surface area contributed by atoms with Gasteiger partial charge in [-0.05, 0) is 38.4 Å². The van der Waals surface area contributed by atoms with Gasteiger partial charge in [-0.3, -0.25) is 0 Å². The maximum atomic E-state index is 9.55. The third-order valence-corrected chi connectivity index (χ3v) is 6.21. The number of carboxylic acids is 2. The number of aryl methyl sites for hydroxylation is 1. The van der Waals surface area contributed by atoms with E-state index >= 15 is 0 Å². The van der Waals surface area contributed by atoms with Crippen LogP contribution in [0.4, 0.5) is 0 Å². The molecule has 6 nitrogen and oxygen atoms in total. The zero-order chi connectivity index (χ0) is 20.1. The monoisotopic (exact) mass is 400 g/mol. The minimum atomic E-state index is -1.26. The molecule has 0 spiro atoms. The maximum absolute atomic E-state index is 9.55. The summed E-state index contributed by atoms with van der Waals surface area (Å²) in [6.07, 6.45) is 7.35. The fourth-order valence-electron chi connectivity index (χ4n) is 3.69. The highest BCUT2D eigenvalue weighted by molar-refractivity contribution is 7.12. The van der Waals surface area contributed by atoms with Crippen LogP contribution in [-0.2, 0) is 22.4 Å². The van der Waals surface area contributed by atoms with Gasteiger partial charge in [-0.25, -0.2) is 14.6 Å². The minimum absolute atomic E-state index is 0.558. The number of aromatic nitrogens is 1. The van der Waals surface area contributed by atoms with Gasteiger partial charge in [0.15, 0.2) is 0 Å². The van der Waals surface area contributed by atoms with Gasteiger partial charge in [0.1, 0.15) is 0 Å². The first-order valence-corrected chi connectivity index (χ1v) is 10.2. The number of fused-ring (bicyclic) bond motifs is 3. The number of aliphatic carboxylic acids is 2. The molecule has 1 fully saturated rings. The third-order valence-electron chi connectivity index (χ3n) is 5.10. The molecular weight excluding hydrogens is 376 g/mol. The normalized spacial score (nSPS) is 17.8. The van der Waals surface area contributed by atoms with Crippen LogP contribution in [-0.4, -0.2) is 51.7 Å². The van der Waals surface area contributed by atoms with Gasteiger partial charge < -0.3 is 15.1 Å². The van der Waals surface area contributed by atoms with Gasteiger partial charge in [-0.2, -0.15) is 0 Å². The molecule has 0 saturated carbocycles. The first kappa shape index (κ1) is 20.2. The van der Waals surface area contributed by atoms with E-state index in [1.165, 1.54) is 52.5 Å². The largest absolute Gasteiger partial charge is 0.478 e. The van der Waals surface area contributed by atoms with Gasteiger partial charge in [0.2, 0.25) is 0 Å². The lowest BCUT2D eigenvalue weighted by Gasteiger charge is -2.18. The molecule has 0 bridgehead atoms. The molecule has 1 atom stereocenters. The fourth-order valence-corrected chi connectivity index (χ4v) is 4.81. The zero-order valence-corrected chi connectivity index (χ0v) is 16.6. The van der Waals surface area contributed by atoms with Crippen molar-refractivity contribution < 1.29 is 19.8 Å². The van der Waals surface area contributed by atoms with Crippen LogP contribution in [0.25, 0.3) is 11.3 Å². The first-order valence-electron chi connectivity index (χ1n) is 9.35. The lowest BCUT2D eigenvalue weighted by atomic mass is 10.1. The van der Waals surface area contributed by atoms with E-state index in [4.69, 9.17) is 15.2 Å². The highest BCUT2D eigenvalue weighted by Crippen LogP contribution is 2.39. The smallest absolute Gasteiger partial charge is 0.328 e. The molecule has 7 heteroatoms. The maximum Gasteiger partial charge on any atom is 0.328 e. The molecule has 2 heterocycles. The van der Waals surface area contributed by atoms with E-state index in [0.29, 0.717) is 12.2 Å². The molecule has 148 valence electrons. The van der Waals surface area contributed by atoms with E-state index in [-0.39, 0.29) is 0 Å². The molecule has 1 aliphatic heterocycles. The molecule has 2 N–H and O–H groups in total. The molecule has 1 saturated heterocycles. The van der Waals surface area contributed by atoms with Crippen molar-refractivity contribution in [1.29, 1.82) is 0 Å². The van der Waals surface area contributed by atoms with Gasteiger partial charge in [-0.1, -0.05) is 24.3 Å². The van der Waals surface area contributed by atoms with Crippen molar-refractivity contribution in [2.24, 2.45) is 0 Å². The molecule has 0 radical (unpaired) electrons. The average Bonchev–Trinajstić information content (AvgIpc) is 3.33. The van der Waals surface area contributed by atoms with Crippen molar-refractivity contribution in [2.45, 2.75) is 38.1 Å². The van der Waals surface area contributed by atoms with Crippen LogP contribution in [0, 0.1) is 0 Å². The topological polar surface area (TPSA) is 90.7 Å². The predicted octanol–water partition coefficient (Wildman–Crippen LogP) is 3.45. The summed E-state index contributed by atoms with van der Waals surface area (Å²) >= 11 is 1.93. The Bertz CT molecular complexity index is 874. The Labute approximate surface area is 168 Å². The number of carboxylic acid groups (broad SMARTS) is 2. The standard InChI is InChI=1S/C17H20N2S.C4H4O4/c1-19-10-4-6-13(19)8-9-16-18-17-14-7-3-2-5-12(14)11-15(17)20-16;5-3(6)1-2-4(7)8/h2-3,5,7,13H,4,6,8-11H2,1H3;1-2H,(H,5,6)(H,7,8)/b;2-1+. The van der Waals surface area contributed by atoms with Crippen LogP contribution in [0.5, 0.6) is 0 Å². The summed E-state index contributed by atoms with van der Waals surface area (Å²) in [6.45, 7) is 1.27. The van der Waals surface area contributed by atoms with Crippen molar-refractivity contribution in [1.82, 2.24) is 9.88 Å². The van der Waals surface area contributed by atoms with Crippen molar-refractivity contribution in [3.8, 4) is 11.3 Å². The molecular formula is C21H24N2O4S. The number of carbonyl (C=O) groups is 2. The van der Waals surface area contributed by atoms with Crippen molar-refractivity contribution in [3.05, 3.63) is 51.9 Å². The Morgan fingerprint density at radius 3 is 2.61 bits per heavy atom. The molecule has 1 aliphatic carbocycles. The molecule has 28 heavy (non-hydrogen) atoms. The van der Waals surface area contributed by atoms with Gasteiger partial charge in [-0.15, -0.1) is 11.3 Å². The van der Waals surface area contributed by atoms with Crippen LogP contribution in [0.1, 0.15) is 34.7 Å². The summed E-state index contributed by atoms with van der Waals surface area (Å²) in [6, 6.07) is 9.49. The number of nitrogens with zero attached hydrogens (tertiary/aromatic N) is 2. The number of hydrogen-bond acceptors (Lipinski definition) is 5. The second-order valence-electron chi connectivity index (χ2n) is 7.04. The summed E-state index contributed by atoms with van der Waals surface area (Å²) in [5, 5.41) is 17.0. The average molecular weight is 401 g/mol. The van der Waals surface area contributed by atoms with E-state index in [0.717, 1.165) is 18.9 Å². The Morgan fingerprint density at radius 1 is 1.25 bits per heavy atom. The summed E-state index contributed by atoms with van der Waals surface area (Å²) in [4.78, 5) is 28.0. The van der Waals surface area contributed by atoms with Crippen molar-refractivity contribution in [3.63, 3.8) is 0 Å². The molecule has 4 rings (SSSR count). The number of rotatable bonds is 5. The molecule has 1 unspecified atom stereocenters. The van der Waals surface area contributed by atoms with E-state index < -0.39 is 11.9 Å². The van der Waals surface area contributed by atoms with Gasteiger partial charge in [0.05, 0.1) is 10.7 Å². The van der Waals surface area contributed by atoms with E-state index in [1.807, 2.05) is 11.3 Å². The Kier molecular flexibility index (Phi) is 6.59. The number of benzene rings is 1. The SMILES string of the molecule is CN1CCCC1CCc1nc2c(s1)Cc1ccccc1-2.O=C(O)/C=C/C(=O)O. The highest BCUT2D eigenvalue weighted by Gasteiger charge is 2.24. The summed E-state index contributed by atoms with van der Waals surface area (Å²) in [5.41, 5.74) is 4.08. The Balaban J connectivity index is 0.000000242. The van der Waals surface area contributed by atoms with Crippen LogP contribution in [0.15, 0.2) is 36.4 Å². The quantitative estimate of drug-likeness (QED) is 0.638. The van der Waals surface area contributed by atoms with Crippen LogP contribution < -0.4 is 0 Å². The van der Waals surface area contributed by atoms with Crippen LogP contribution >= 0.6 is 11.3 Å². The third kappa shape index (κ3) is 5.05. The lowest BCUT2D eigenvalue weighted by molar-refractivity contribution is -0.134. The van der Waals surface area contributed by atoms with Gasteiger partial charge in [0.25, 0.3) is 0 Å². The number of hydrogen-bond donors (Lipinski definition) is 2. The lowest BCUT2D eigenvalue weighted by Crippen LogP contribution is -2.25. The predicted molar refractivity (Wildman–Crippen MR) is 109 cm³/mol. The van der Waals surface area contributed by atoms with E-state index in [2.05, 4.69) is 36.2 Å². The fraction of sp³-hybridized carbons (Fsp3) is 0.381. The van der Waals surface area contributed by atoms with Crippen molar-refractivity contribution in [2.75, 3.05) is 13.6 Å². The minimum Gasteiger partial charge on any atom is -0.478 e. The summed E-state index contributed by atoms with van der Waals surface area (Å²) in [5.74, 6) is -2.51. The second-order valence-corrected chi connectivity index (χ2v) is 8.21. The van der Waals surface area contributed by atoms with Gasteiger partial charge >= 0.3 is 11.9 Å². The summed E-state index contributed by atoms with van der Waals surface area (Å²) in [7, 11) is 2.26. The molecule has 0 amide bonds. The van der Waals surface area contributed by atoms with Crippen molar-refractivity contribution >= 4 is 23.3 Å². The number of likely N-dealkylation sites (tertiary alicyclic amines) is 1. The second kappa shape index (κ2) is 9.12. The van der Waals surface area contributed by atoms with Crippen LogP contribution in [0.2, 0.25) is 0 Å². The molecule has 2 aliphatic rings. The van der Waals surface area contributed by atoms with Crippen LogP contribution in [0.3, 0.4) is 0 Å². The van der Waals surface area contributed by atoms with E-state index in [1.54, 1.807) is 0 Å². The van der Waals surface area contributed by atoms with E-state index in [9.17, 15) is 9.59 Å². The zero-order valence-electron chi connectivity index (χ0n) is 15.8. The number of thiazole rings is 1. The molecule has 2 aromatic rings. The van der Waals surface area contributed by atoms with Gasteiger partial charge in [0, 0.05) is 41.5 Å². The Hall–Kier alpha value is -2.51. The Morgan fingerprint density at radius 2 is 1.96 bits per heavy atom. The molecule has 1 aromatic carbocycles. The summed E-state index contributed by atoms with van der Waals surface area (Å²) < 4.78 is 0. The molecule has 1 aromatic heterocycles. The highest BCUT2D eigenvalue weighted by atomic mass is 32.1.